The van der Waals surface area contributed by atoms with Gasteiger partial charge in [-0.25, -0.2) is 12.8 Å². The summed E-state index contributed by atoms with van der Waals surface area (Å²) < 4.78 is 39.9. The molecule has 0 saturated carbocycles. The van der Waals surface area contributed by atoms with Crippen molar-refractivity contribution < 1.29 is 12.8 Å². The molecular weight excluding hydrogens is 326 g/mol. The maximum absolute atomic E-state index is 13.2. The van der Waals surface area contributed by atoms with Gasteiger partial charge in [0.1, 0.15) is 10.7 Å². The average molecular weight is 341 g/mol. The molecule has 0 spiro atoms. The third-order valence-corrected chi connectivity index (χ3v) is 6.14. The molecule has 1 saturated heterocycles. The van der Waals surface area contributed by atoms with Gasteiger partial charge in [0.15, 0.2) is 0 Å². The zero-order valence-corrected chi connectivity index (χ0v) is 13.4. The number of halogens is 3. The van der Waals surface area contributed by atoms with Crippen LogP contribution in [-0.2, 0) is 10.0 Å². The molecular formula is C12H15Cl2FN2O2S. The normalized spacial score (nSPS) is 24.9. The molecule has 20 heavy (non-hydrogen) atoms. The van der Waals surface area contributed by atoms with E-state index in [2.05, 4.69) is 5.32 Å². The summed E-state index contributed by atoms with van der Waals surface area (Å²) in [6.45, 7) is 4.54. The molecule has 1 N–H and O–H groups in total. The standard InChI is InChI=1S/C12H15Cl2FN2O2S/c1-7-6-17(8(2)5-16-7)20(18,19)12-10(13)3-9(15)4-11(12)14/h3-4,7-8,16H,5-6H2,1-2H3. The summed E-state index contributed by atoms with van der Waals surface area (Å²) in [4.78, 5) is -0.233. The predicted octanol–water partition coefficient (Wildman–Crippen LogP) is 2.50. The molecule has 1 aromatic rings. The summed E-state index contributed by atoms with van der Waals surface area (Å²) in [7, 11) is -3.86. The van der Waals surface area contributed by atoms with Crippen LogP contribution in [0.2, 0.25) is 10.0 Å². The van der Waals surface area contributed by atoms with Gasteiger partial charge < -0.3 is 5.32 Å². The quantitative estimate of drug-likeness (QED) is 0.899. The van der Waals surface area contributed by atoms with Gasteiger partial charge in [-0.15, -0.1) is 0 Å². The maximum Gasteiger partial charge on any atom is 0.246 e. The molecule has 1 fully saturated rings. The van der Waals surface area contributed by atoms with Crippen LogP contribution in [0.3, 0.4) is 0 Å². The van der Waals surface area contributed by atoms with Crippen molar-refractivity contribution >= 4 is 33.2 Å². The van der Waals surface area contributed by atoms with Crippen LogP contribution in [0.1, 0.15) is 13.8 Å². The van der Waals surface area contributed by atoms with Crippen molar-refractivity contribution in [3.63, 3.8) is 0 Å². The fourth-order valence-corrected chi connectivity index (χ4v) is 5.07. The summed E-state index contributed by atoms with van der Waals surface area (Å²) in [5.74, 6) is -0.666. The first kappa shape index (κ1) is 16.0. The maximum atomic E-state index is 13.2. The van der Waals surface area contributed by atoms with Crippen LogP contribution in [0.15, 0.2) is 17.0 Å². The number of nitrogens with one attached hydrogen (secondary N) is 1. The molecule has 0 radical (unpaired) electrons. The van der Waals surface area contributed by atoms with Crippen LogP contribution in [-0.4, -0.2) is 37.9 Å². The van der Waals surface area contributed by atoms with E-state index in [1.807, 2.05) is 6.92 Å². The lowest BCUT2D eigenvalue weighted by atomic mass is 10.2. The fourth-order valence-electron chi connectivity index (χ4n) is 2.22. The second kappa shape index (κ2) is 5.77. The Balaban J connectivity index is 2.50. The van der Waals surface area contributed by atoms with Crippen LogP contribution in [0, 0.1) is 5.82 Å². The van der Waals surface area contributed by atoms with E-state index in [1.165, 1.54) is 4.31 Å². The van der Waals surface area contributed by atoms with E-state index in [4.69, 9.17) is 23.2 Å². The summed E-state index contributed by atoms with van der Waals surface area (Å²) in [6.07, 6.45) is 0. The van der Waals surface area contributed by atoms with Crippen molar-refractivity contribution in [1.29, 1.82) is 0 Å². The zero-order valence-electron chi connectivity index (χ0n) is 11.0. The Kier molecular flexibility index (Phi) is 4.61. The molecule has 0 aromatic heterocycles. The number of sulfonamides is 1. The lowest BCUT2D eigenvalue weighted by Crippen LogP contribution is -2.56. The molecule has 1 aliphatic heterocycles. The molecule has 0 amide bonds. The number of benzene rings is 1. The minimum absolute atomic E-state index is 0.0268. The summed E-state index contributed by atoms with van der Waals surface area (Å²) in [5, 5.41) is 2.79. The Morgan fingerprint density at radius 3 is 2.40 bits per heavy atom. The SMILES string of the molecule is CC1CN(S(=O)(=O)c2c(Cl)cc(F)cc2Cl)C(C)CN1. The molecule has 2 rings (SSSR count). The van der Waals surface area contributed by atoms with Gasteiger partial charge >= 0.3 is 0 Å². The molecule has 1 aliphatic rings. The smallest absolute Gasteiger partial charge is 0.246 e. The summed E-state index contributed by atoms with van der Waals surface area (Å²) in [6, 6.07) is 1.71. The second-order valence-corrected chi connectivity index (χ2v) is 7.57. The van der Waals surface area contributed by atoms with Gasteiger partial charge in [0.25, 0.3) is 0 Å². The van der Waals surface area contributed by atoms with Gasteiger partial charge in [-0.2, -0.15) is 4.31 Å². The number of hydrogen-bond acceptors (Lipinski definition) is 3. The van der Waals surface area contributed by atoms with Crippen molar-refractivity contribution in [2.45, 2.75) is 30.8 Å². The highest BCUT2D eigenvalue weighted by Gasteiger charge is 2.36. The van der Waals surface area contributed by atoms with Gasteiger partial charge in [-0.05, 0) is 26.0 Å². The fraction of sp³-hybridized carbons (Fsp3) is 0.500. The Hall–Kier alpha value is -0.400. The molecule has 112 valence electrons. The summed E-state index contributed by atoms with van der Waals surface area (Å²) in [5.41, 5.74) is 0. The summed E-state index contributed by atoms with van der Waals surface area (Å²) >= 11 is 11.8. The first-order valence-corrected chi connectivity index (χ1v) is 8.33. The third kappa shape index (κ3) is 2.94. The number of nitrogens with zero attached hydrogens (tertiary/aromatic N) is 1. The minimum atomic E-state index is -3.86. The largest absolute Gasteiger partial charge is 0.311 e. The van der Waals surface area contributed by atoms with Crippen LogP contribution < -0.4 is 5.32 Å². The minimum Gasteiger partial charge on any atom is -0.311 e. The first-order valence-electron chi connectivity index (χ1n) is 6.13. The van der Waals surface area contributed by atoms with E-state index in [9.17, 15) is 12.8 Å². The van der Waals surface area contributed by atoms with Gasteiger partial charge in [0.05, 0.1) is 10.0 Å². The van der Waals surface area contributed by atoms with E-state index in [0.717, 1.165) is 12.1 Å². The monoisotopic (exact) mass is 340 g/mol. The average Bonchev–Trinajstić information content (AvgIpc) is 2.30. The van der Waals surface area contributed by atoms with Crippen LogP contribution in [0.4, 0.5) is 4.39 Å². The van der Waals surface area contributed by atoms with E-state index < -0.39 is 15.8 Å². The van der Waals surface area contributed by atoms with Gasteiger partial charge in [-0.1, -0.05) is 23.2 Å². The Morgan fingerprint density at radius 1 is 1.30 bits per heavy atom. The molecule has 4 nitrogen and oxygen atoms in total. The topological polar surface area (TPSA) is 49.4 Å². The highest BCUT2D eigenvalue weighted by atomic mass is 35.5. The lowest BCUT2D eigenvalue weighted by Gasteiger charge is -2.36. The molecule has 1 heterocycles. The molecule has 1 aromatic carbocycles. The van der Waals surface area contributed by atoms with Crippen molar-refractivity contribution in [3.05, 3.63) is 28.0 Å². The number of rotatable bonds is 2. The number of piperazine rings is 1. The molecule has 2 atom stereocenters. The highest BCUT2D eigenvalue weighted by Crippen LogP contribution is 2.33. The van der Waals surface area contributed by atoms with E-state index in [1.54, 1.807) is 6.92 Å². The van der Waals surface area contributed by atoms with E-state index in [0.29, 0.717) is 13.1 Å². The first-order chi connectivity index (χ1) is 9.23. The third-order valence-electron chi connectivity index (χ3n) is 3.24. The lowest BCUT2D eigenvalue weighted by molar-refractivity contribution is 0.244. The molecule has 0 aliphatic carbocycles. The molecule has 8 heteroatoms. The predicted molar refractivity (Wildman–Crippen MR) is 77.2 cm³/mol. The van der Waals surface area contributed by atoms with Crippen LogP contribution >= 0.6 is 23.2 Å². The number of hydrogen-bond donors (Lipinski definition) is 1. The van der Waals surface area contributed by atoms with E-state index in [-0.39, 0.29) is 27.0 Å². The Bertz CT molecular complexity index is 601. The van der Waals surface area contributed by atoms with Gasteiger partial charge in [-0.3, -0.25) is 0 Å². The van der Waals surface area contributed by atoms with Crippen molar-refractivity contribution in [1.82, 2.24) is 9.62 Å². The Labute approximate surface area is 127 Å². The molecule has 2 unspecified atom stereocenters. The van der Waals surface area contributed by atoms with Crippen LogP contribution in [0.25, 0.3) is 0 Å². The van der Waals surface area contributed by atoms with Gasteiger partial charge in [0.2, 0.25) is 10.0 Å². The second-order valence-electron chi connectivity index (χ2n) is 4.93. The Morgan fingerprint density at radius 2 is 1.85 bits per heavy atom. The van der Waals surface area contributed by atoms with E-state index >= 15 is 0 Å². The van der Waals surface area contributed by atoms with Crippen molar-refractivity contribution in [2.24, 2.45) is 0 Å². The molecule has 0 bridgehead atoms. The van der Waals surface area contributed by atoms with Crippen molar-refractivity contribution in [2.75, 3.05) is 13.1 Å². The van der Waals surface area contributed by atoms with Gasteiger partial charge in [0, 0.05) is 25.2 Å². The van der Waals surface area contributed by atoms with Crippen LogP contribution in [0.5, 0.6) is 0 Å². The van der Waals surface area contributed by atoms with Crippen molar-refractivity contribution in [3.8, 4) is 0 Å². The highest BCUT2D eigenvalue weighted by molar-refractivity contribution is 7.89. The zero-order chi connectivity index (χ0) is 15.1.